The largest absolute Gasteiger partial charge is 0.486 e. The summed E-state index contributed by atoms with van der Waals surface area (Å²) in [6, 6.07) is 10.9. The third-order valence-corrected chi connectivity index (χ3v) is 4.78. The van der Waals surface area contributed by atoms with Crippen molar-refractivity contribution in [1.29, 1.82) is 0 Å². The first-order chi connectivity index (χ1) is 13.1. The van der Waals surface area contributed by atoms with E-state index in [0.717, 1.165) is 10.0 Å². The van der Waals surface area contributed by atoms with Crippen molar-refractivity contribution >= 4 is 33.4 Å². The topological polar surface area (TPSA) is 77.1 Å². The smallest absolute Gasteiger partial charge is 0.265 e. The molecule has 2 aliphatic heterocycles. The minimum atomic E-state index is -0.270. The molecule has 1 N–H and O–H groups in total. The summed E-state index contributed by atoms with van der Waals surface area (Å²) >= 11 is 3.37. The highest BCUT2D eigenvalue weighted by Crippen LogP contribution is 2.35. The van der Waals surface area contributed by atoms with E-state index in [1.54, 1.807) is 18.2 Å². The molecule has 7 nitrogen and oxygen atoms in total. The second kappa shape index (κ2) is 7.48. The van der Waals surface area contributed by atoms with Gasteiger partial charge in [0.25, 0.3) is 5.91 Å². The molecule has 2 amide bonds. The molecule has 4 rings (SSSR count). The Morgan fingerprint density at radius 3 is 2.85 bits per heavy atom. The number of benzene rings is 2. The Kier molecular flexibility index (Phi) is 4.89. The molecule has 27 heavy (non-hydrogen) atoms. The van der Waals surface area contributed by atoms with Crippen molar-refractivity contribution in [1.82, 2.24) is 5.32 Å². The molecule has 2 heterocycles. The Morgan fingerprint density at radius 1 is 1.11 bits per heavy atom. The summed E-state index contributed by atoms with van der Waals surface area (Å²) in [6.07, 6.45) is 0. The van der Waals surface area contributed by atoms with Gasteiger partial charge in [-0.3, -0.25) is 14.5 Å². The number of carbonyl (C=O) groups is 2. The van der Waals surface area contributed by atoms with E-state index in [1.807, 2.05) is 18.2 Å². The number of anilines is 1. The Balaban J connectivity index is 1.44. The average molecular weight is 433 g/mol. The van der Waals surface area contributed by atoms with E-state index in [-0.39, 0.29) is 31.5 Å². The predicted octanol–water partition coefficient (Wildman–Crippen LogP) is 2.26. The molecular formula is C19H17BrN2O5. The normalized spacial score (nSPS) is 15.0. The minimum Gasteiger partial charge on any atom is -0.486 e. The van der Waals surface area contributed by atoms with Crippen molar-refractivity contribution in [2.24, 2.45) is 0 Å². The van der Waals surface area contributed by atoms with Gasteiger partial charge in [0.2, 0.25) is 5.91 Å². The first kappa shape index (κ1) is 17.7. The van der Waals surface area contributed by atoms with Crippen LogP contribution in [0.3, 0.4) is 0 Å². The van der Waals surface area contributed by atoms with Gasteiger partial charge in [-0.2, -0.15) is 0 Å². The van der Waals surface area contributed by atoms with Crippen molar-refractivity contribution in [2.75, 3.05) is 31.3 Å². The molecule has 0 spiro atoms. The van der Waals surface area contributed by atoms with Crippen molar-refractivity contribution in [2.45, 2.75) is 6.54 Å². The van der Waals surface area contributed by atoms with Gasteiger partial charge in [0.1, 0.15) is 25.5 Å². The van der Waals surface area contributed by atoms with E-state index < -0.39 is 0 Å². The maximum absolute atomic E-state index is 12.4. The number of rotatable bonds is 4. The molecule has 0 aliphatic carbocycles. The van der Waals surface area contributed by atoms with Crippen LogP contribution in [0.2, 0.25) is 0 Å². The van der Waals surface area contributed by atoms with E-state index in [0.29, 0.717) is 36.1 Å². The number of carbonyl (C=O) groups excluding carboxylic acids is 2. The van der Waals surface area contributed by atoms with Gasteiger partial charge in [-0.1, -0.05) is 28.1 Å². The molecule has 0 aromatic heterocycles. The first-order valence-electron chi connectivity index (χ1n) is 8.49. The summed E-state index contributed by atoms with van der Waals surface area (Å²) in [5, 5.41) is 2.84. The van der Waals surface area contributed by atoms with Crippen LogP contribution in [0, 0.1) is 0 Å². The SMILES string of the molecule is O=C(CN1C(=O)COc2cc(Br)ccc21)NCc1cccc2c1OCCO2. The summed E-state index contributed by atoms with van der Waals surface area (Å²) in [5.74, 6) is 1.37. The molecular weight excluding hydrogens is 416 g/mol. The molecule has 2 aromatic carbocycles. The molecule has 140 valence electrons. The number of halogens is 1. The summed E-state index contributed by atoms with van der Waals surface area (Å²) in [5.41, 5.74) is 1.41. The van der Waals surface area contributed by atoms with Crippen LogP contribution in [0.15, 0.2) is 40.9 Å². The van der Waals surface area contributed by atoms with Gasteiger partial charge in [-0.25, -0.2) is 0 Å². The Labute approximate surface area is 164 Å². The van der Waals surface area contributed by atoms with Crippen molar-refractivity contribution < 1.29 is 23.8 Å². The summed E-state index contributed by atoms with van der Waals surface area (Å²) in [7, 11) is 0. The lowest BCUT2D eigenvalue weighted by molar-refractivity contribution is -0.125. The first-order valence-corrected chi connectivity index (χ1v) is 9.28. The zero-order valence-corrected chi connectivity index (χ0v) is 16.0. The molecule has 0 fully saturated rings. The summed E-state index contributed by atoms with van der Waals surface area (Å²) in [6.45, 7) is 1.11. The Bertz CT molecular complexity index is 902. The molecule has 0 radical (unpaired) electrons. The number of hydrogen-bond acceptors (Lipinski definition) is 5. The van der Waals surface area contributed by atoms with Crippen LogP contribution in [0.1, 0.15) is 5.56 Å². The van der Waals surface area contributed by atoms with Gasteiger partial charge in [0.15, 0.2) is 18.1 Å². The van der Waals surface area contributed by atoms with Crippen molar-refractivity contribution in [3.05, 3.63) is 46.4 Å². The number of ether oxygens (including phenoxy) is 3. The molecule has 0 bridgehead atoms. The second-order valence-corrected chi connectivity index (χ2v) is 7.01. The van der Waals surface area contributed by atoms with E-state index in [4.69, 9.17) is 14.2 Å². The maximum atomic E-state index is 12.4. The maximum Gasteiger partial charge on any atom is 0.265 e. The fraction of sp³-hybridized carbons (Fsp3) is 0.263. The molecule has 0 unspecified atom stereocenters. The van der Waals surface area contributed by atoms with Crippen molar-refractivity contribution in [3.8, 4) is 17.2 Å². The summed E-state index contributed by atoms with van der Waals surface area (Å²) in [4.78, 5) is 26.1. The summed E-state index contributed by atoms with van der Waals surface area (Å²) < 4.78 is 17.5. The fourth-order valence-corrected chi connectivity index (χ4v) is 3.36. The van der Waals surface area contributed by atoms with Gasteiger partial charge >= 0.3 is 0 Å². The monoisotopic (exact) mass is 432 g/mol. The van der Waals surface area contributed by atoms with Gasteiger partial charge in [0.05, 0.1) is 5.69 Å². The van der Waals surface area contributed by atoms with E-state index in [2.05, 4.69) is 21.2 Å². The predicted molar refractivity (Wildman–Crippen MR) is 101 cm³/mol. The lowest BCUT2D eigenvalue weighted by Crippen LogP contribution is -2.45. The van der Waals surface area contributed by atoms with Crippen LogP contribution in [0.5, 0.6) is 17.2 Å². The Morgan fingerprint density at radius 2 is 1.96 bits per heavy atom. The molecule has 2 aromatic rings. The third kappa shape index (κ3) is 3.71. The molecule has 8 heteroatoms. The van der Waals surface area contributed by atoms with Gasteiger partial charge in [-0.15, -0.1) is 0 Å². The van der Waals surface area contributed by atoms with Crippen molar-refractivity contribution in [3.63, 3.8) is 0 Å². The van der Waals surface area contributed by atoms with Gasteiger partial charge in [0, 0.05) is 16.6 Å². The fourth-order valence-electron chi connectivity index (χ4n) is 3.02. The number of amides is 2. The lowest BCUT2D eigenvalue weighted by Gasteiger charge is -2.29. The van der Waals surface area contributed by atoms with Crippen LogP contribution >= 0.6 is 15.9 Å². The highest BCUT2D eigenvalue weighted by atomic mass is 79.9. The van der Waals surface area contributed by atoms with E-state index in [9.17, 15) is 9.59 Å². The van der Waals surface area contributed by atoms with Crippen LogP contribution in [0.4, 0.5) is 5.69 Å². The highest BCUT2D eigenvalue weighted by Gasteiger charge is 2.27. The molecule has 0 saturated carbocycles. The average Bonchev–Trinajstić information content (AvgIpc) is 2.68. The van der Waals surface area contributed by atoms with Gasteiger partial charge < -0.3 is 19.5 Å². The third-order valence-electron chi connectivity index (χ3n) is 4.29. The highest BCUT2D eigenvalue weighted by molar-refractivity contribution is 9.10. The molecule has 0 saturated heterocycles. The van der Waals surface area contributed by atoms with Crippen LogP contribution in [0.25, 0.3) is 0 Å². The van der Waals surface area contributed by atoms with Gasteiger partial charge in [-0.05, 0) is 24.3 Å². The standard InChI is InChI=1S/C19H17BrN2O5/c20-13-4-5-14-16(8-13)27-11-18(24)22(14)10-17(23)21-9-12-2-1-3-15-19(12)26-7-6-25-15/h1-5,8H,6-7,9-11H2,(H,21,23). The zero-order chi connectivity index (χ0) is 18.8. The van der Waals surface area contributed by atoms with E-state index >= 15 is 0 Å². The number of nitrogens with one attached hydrogen (secondary N) is 1. The number of hydrogen-bond donors (Lipinski definition) is 1. The lowest BCUT2D eigenvalue weighted by atomic mass is 10.1. The van der Waals surface area contributed by atoms with Crippen LogP contribution in [-0.2, 0) is 16.1 Å². The van der Waals surface area contributed by atoms with Crippen LogP contribution in [-0.4, -0.2) is 38.2 Å². The quantitative estimate of drug-likeness (QED) is 0.801. The number of nitrogens with zero attached hydrogens (tertiary/aromatic N) is 1. The molecule has 0 atom stereocenters. The zero-order valence-electron chi connectivity index (χ0n) is 14.4. The second-order valence-electron chi connectivity index (χ2n) is 6.10. The number of fused-ring (bicyclic) bond motifs is 2. The minimum absolute atomic E-state index is 0.0802. The Hall–Kier alpha value is -2.74. The van der Waals surface area contributed by atoms with E-state index in [1.165, 1.54) is 4.90 Å². The molecule has 2 aliphatic rings. The van der Waals surface area contributed by atoms with Crippen LogP contribution < -0.4 is 24.4 Å². The number of para-hydroxylation sites is 1.